The molecule has 108 valence electrons. The Morgan fingerprint density at radius 1 is 1.45 bits per heavy atom. The third kappa shape index (κ3) is 2.18. The van der Waals surface area contributed by atoms with Gasteiger partial charge in [0.05, 0.1) is 11.1 Å². The van der Waals surface area contributed by atoms with Gasteiger partial charge in [-0.15, -0.1) is 0 Å². The molecule has 0 aromatic carbocycles. The highest BCUT2D eigenvalue weighted by molar-refractivity contribution is 5.94. The fourth-order valence-electron chi connectivity index (χ4n) is 2.71. The van der Waals surface area contributed by atoms with Crippen LogP contribution in [0, 0.1) is 16.0 Å². The number of aromatic nitrogens is 1. The van der Waals surface area contributed by atoms with Crippen LogP contribution >= 0.6 is 0 Å². The van der Waals surface area contributed by atoms with Gasteiger partial charge in [-0.25, -0.2) is 0 Å². The van der Waals surface area contributed by atoms with E-state index in [9.17, 15) is 14.9 Å². The third-order valence-corrected chi connectivity index (χ3v) is 4.16. The Morgan fingerprint density at radius 2 is 2.15 bits per heavy atom. The van der Waals surface area contributed by atoms with Gasteiger partial charge in [-0.3, -0.25) is 14.9 Å². The van der Waals surface area contributed by atoms with Gasteiger partial charge < -0.3 is 15.2 Å². The quantitative estimate of drug-likeness (QED) is 0.662. The van der Waals surface area contributed by atoms with Crippen molar-refractivity contribution in [2.75, 3.05) is 13.1 Å². The molecule has 1 aliphatic heterocycles. The van der Waals surface area contributed by atoms with Gasteiger partial charge in [-0.1, -0.05) is 6.92 Å². The summed E-state index contributed by atoms with van der Waals surface area (Å²) in [4.78, 5) is 24.7. The van der Waals surface area contributed by atoms with E-state index in [1.807, 2.05) is 6.92 Å². The maximum atomic E-state index is 12.6. The van der Waals surface area contributed by atoms with E-state index in [0.717, 1.165) is 12.8 Å². The number of rotatable bonds is 3. The lowest BCUT2D eigenvalue weighted by Crippen LogP contribution is -2.33. The molecule has 0 bridgehead atoms. The molecule has 2 heterocycles. The van der Waals surface area contributed by atoms with Crippen LogP contribution in [0.25, 0.3) is 0 Å². The highest BCUT2D eigenvalue weighted by Crippen LogP contribution is 2.38. The van der Waals surface area contributed by atoms with Crippen LogP contribution in [0.1, 0.15) is 36.3 Å². The lowest BCUT2D eigenvalue weighted by atomic mass is 10.1. The molecule has 1 aromatic rings. The van der Waals surface area contributed by atoms with Crippen LogP contribution in [-0.4, -0.2) is 39.4 Å². The van der Waals surface area contributed by atoms with Gasteiger partial charge in [-0.05, 0) is 18.8 Å². The summed E-state index contributed by atoms with van der Waals surface area (Å²) in [5, 5.41) is 10.9. The normalized spacial score (nSPS) is 26.0. The number of nitrogens with zero attached hydrogens (tertiary/aromatic N) is 3. The summed E-state index contributed by atoms with van der Waals surface area (Å²) >= 11 is 0. The van der Waals surface area contributed by atoms with Crippen LogP contribution in [0.3, 0.4) is 0 Å². The van der Waals surface area contributed by atoms with Crippen LogP contribution in [0.5, 0.6) is 0 Å². The van der Waals surface area contributed by atoms with Crippen molar-refractivity contribution in [3.63, 3.8) is 0 Å². The van der Waals surface area contributed by atoms with Crippen LogP contribution < -0.4 is 5.73 Å². The second kappa shape index (κ2) is 4.59. The van der Waals surface area contributed by atoms with E-state index in [2.05, 4.69) is 0 Å². The molecule has 1 amide bonds. The Balaban J connectivity index is 1.89. The van der Waals surface area contributed by atoms with Gasteiger partial charge >= 0.3 is 0 Å². The fourth-order valence-corrected chi connectivity index (χ4v) is 2.71. The van der Waals surface area contributed by atoms with Crippen LogP contribution in [0.4, 0.5) is 5.69 Å². The number of likely N-dealkylation sites (tertiary alicyclic amines) is 1. The summed E-state index contributed by atoms with van der Waals surface area (Å²) in [5.74, 6) is 0.114. The summed E-state index contributed by atoms with van der Waals surface area (Å²) in [5.41, 5.74) is 6.34. The van der Waals surface area contributed by atoms with Crippen molar-refractivity contribution in [2.24, 2.45) is 11.7 Å². The molecule has 2 unspecified atom stereocenters. The smallest absolute Gasteiger partial charge is 0.287 e. The largest absolute Gasteiger partial charge is 0.335 e. The molecule has 2 aliphatic rings. The first-order chi connectivity index (χ1) is 9.47. The first kappa shape index (κ1) is 13.1. The molecule has 2 fully saturated rings. The standard InChI is InChI=1S/C13H18N4O3/c1-8-5-15(7-11(8)14)13(18)12-4-10(17(19)20)6-16(12)9-2-3-9/h4,6,8-9,11H,2-3,5,7,14H2,1H3. The third-order valence-electron chi connectivity index (χ3n) is 4.16. The number of hydrogen-bond donors (Lipinski definition) is 1. The number of nitrogens with two attached hydrogens (primary N) is 1. The minimum absolute atomic E-state index is 0.0155. The highest BCUT2D eigenvalue weighted by Gasteiger charge is 2.35. The van der Waals surface area contributed by atoms with Crippen molar-refractivity contribution >= 4 is 11.6 Å². The average molecular weight is 278 g/mol. The molecule has 1 aliphatic carbocycles. The van der Waals surface area contributed by atoms with Crippen molar-refractivity contribution < 1.29 is 9.72 Å². The van der Waals surface area contributed by atoms with E-state index < -0.39 is 4.92 Å². The zero-order valence-electron chi connectivity index (χ0n) is 11.4. The average Bonchev–Trinajstić information content (AvgIpc) is 3.05. The first-order valence-corrected chi connectivity index (χ1v) is 6.88. The second-order valence-electron chi connectivity index (χ2n) is 5.83. The van der Waals surface area contributed by atoms with Gasteiger partial charge in [0.2, 0.25) is 0 Å². The Morgan fingerprint density at radius 3 is 2.65 bits per heavy atom. The maximum Gasteiger partial charge on any atom is 0.287 e. The molecule has 2 N–H and O–H groups in total. The SMILES string of the molecule is CC1CN(C(=O)c2cc([N+](=O)[O-])cn2C2CC2)CC1N. The van der Waals surface area contributed by atoms with Crippen LogP contribution in [0.15, 0.2) is 12.3 Å². The van der Waals surface area contributed by atoms with Crippen molar-refractivity contribution in [3.05, 3.63) is 28.1 Å². The van der Waals surface area contributed by atoms with Crippen LogP contribution in [0.2, 0.25) is 0 Å². The topological polar surface area (TPSA) is 94.4 Å². The second-order valence-corrected chi connectivity index (χ2v) is 5.83. The van der Waals surface area contributed by atoms with E-state index in [4.69, 9.17) is 5.73 Å². The minimum Gasteiger partial charge on any atom is -0.335 e. The summed E-state index contributed by atoms with van der Waals surface area (Å²) in [6, 6.07) is 1.60. The Labute approximate surface area is 116 Å². The van der Waals surface area contributed by atoms with Crippen molar-refractivity contribution in [1.82, 2.24) is 9.47 Å². The molecule has 3 rings (SSSR count). The number of amides is 1. The van der Waals surface area contributed by atoms with E-state index in [1.165, 1.54) is 12.3 Å². The highest BCUT2D eigenvalue weighted by atomic mass is 16.6. The van der Waals surface area contributed by atoms with E-state index in [-0.39, 0.29) is 29.6 Å². The van der Waals surface area contributed by atoms with Gasteiger partial charge in [0, 0.05) is 31.2 Å². The molecule has 7 nitrogen and oxygen atoms in total. The summed E-state index contributed by atoms with van der Waals surface area (Å²) in [7, 11) is 0. The van der Waals surface area contributed by atoms with Gasteiger partial charge in [0.1, 0.15) is 5.69 Å². The molecule has 0 spiro atoms. The molecule has 0 radical (unpaired) electrons. The number of hydrogen-bond acceptors (Lipinski definition) is 4. The molecule has 1 saturated carbocycles. The summed E-state index contributed by atoms with van der Waals surface area (Å²) in [6.45, 7) is 3.15. The minimum atomic E-state index is -0.450. The molecule has 1 saturated heterocycles. The monoisotopic (exact) mass is 278 g/mol. The Bertz CT molecular complexity index is 554. The van der Waals surface area contributed by atoms with Crippen molar-refractivity contribution in [3.8, 4) is 0 Å². The zero-order chi connectivity index (χ0) is 14.4. The molecule has 1 aromatic heterocycles. The van der Waals surface area contributed by atoms with E-state index in [1.54, 1.807) is 9.47 Å². The first-order valence-electron chi connectivity index (χ1n) is 6.88. The molecule has 20 heavy (non-hydrogen) atoms. The molecular formula is C13H18N4O3. The van der Waals surface area contributed by atoms with Gasteiger partial charge in [0.15, 0.2) is 0 Å². The summed E-state index contributed by atoms with van der Waals surface area (Å²) in [6.07, 6.45) is 3.42. The predicted molar refractivity (Wildman–Crippen MR) is 72.4 cm³/mol. The van der Waals surface area contributed by atoms with E-state index in [0.29, 0.717) is 18.8 Å². The number of carbonyl (C=O) groups excluding carboxylic acids is 1. The molecule has 2 atom stereocenters. The lowest BCUT2D eigenvalue weighted by molar-refractivity contribution is -0.384. The zero-order valence-corrected chi connectivity index (χ0v) is 11.4. The Kier molecular flexibility index (Phi) is 3.01. The maximum absolute atomic E-state index is 12.6. The van der Waals surface area contributed by atoms with Gasteiger partial charge in [-0.2, -0.15) is 0 Å². The van der Waals surface area contributed by atoms with Gasteiger partial charge in [0.25, 0.3) is 11.6 Å². The summed E-state index contributed by atoms with van der Waals surface area (Å²) < 4.78 is 1.76. The van der Waals surface area contributed by atoms with Crippen molar-refractivity contribution in [1.29, 1.82) is 0 Å². The number of carbonyl (C=O) groups is 1. The van der Waals surface area contributed by atoms with Crippen LogP contribution in [-0.2, 0) is 0 Å². The Hall–Kier alpha value is -1.89. The van der Waals surface area contributed by atoms with Crippen molar-refractivity contribution in [2.45, 2.75) is 31.8 Å². The fraction of sp³-hybridized carbons (Fsp3) is 0.615. The molecular weight excluding hydrogens is 260 g/mol. The molecule has 7 heteroatoms. The van der Waals surface area contributed by atoms with E-state index >= 15 is 0 Å². The lowest BCUT2D eigenvalue weighted by Gasteiger charge is -2.17. The number of nitro groups is 1. The predicted octanol–water partition coefficient (Wildman–Crippen LogP) is 1.15.